The summed E-state index contributed by atoms with van der Waals surface area (Å²) in [5.74, 6) is 0.115. The van der Waals surface area contributed by atoms with Gasteiger partial charge in [0.15, 0.2) is 0 Å². The van der Waals surface area contributed by atoms with E-state index >= 15 is 0 Å². The van der Waals surface area contributed by atoms with E-state index in [1.807, 2.05) is 52.1 Å². The first kappa shape index (κ1) is 18.8. The van der Waals surface area contributed by atoms with E-state index in [9.17, 15) is 4.79 Å². The number of aromatic nitrogens is 5. The van der Waals surface area contributed by atoms with Crippen LogP contribution in [-0.4, -0.2) is 30.6 Å². The van der Waals surface area contributed by atoms with E-state index in [-0.39, 0.29) is 17.1 Å². The summed E-state index contributed by atoms with van der Waals surface area (Å²) < 4.78 is 6.98. The second-order valence-electron chi connectivity index (χ2n) is 7.93. The van der Waals surface area contributed by atoms with Crippen molar-refractivity contribution >= 4 is 11.4 Å². The van der Waals surface area contributed by atoms with E-state index < -0.39 is 0 Å². The molecule has 1 amide bonds. The summed E-state index contributed by atoms with van der Waals surface area (Å²) in [5.41, 5.74) is 4.56. The van der Waals surface area contributed by atoms with Crippen molar-refractivity contribution in [3.8, 4) is 11.3 Å². The van der Waals surface area contributed by atoms with E-state index in [4.69, 9.17) is 4.52 Å². The Hall–Kier alpha value is -3.55. The van der Waals surface area contributed by atoms with Crippen molar-refractivity contribution in [2.24, 2.45) is 0 Å². The largest absolute Gasteiger partial charge is 0.345 e. The van der Waals surface area contributed by atoms with Crippen LogP contribution in [0.15, 0.2) is 47.4 Å². The Labute approximate surface area is 168 Å². The summed E-state index contributed by atoms with van der Waals surface area (Å²) in [6, 6.07) is 7.98. The lowest BCUT2D eigenvalue weighted by Crippen LogP contribution is -2.24. The number of aryl methyl sites for hydroxylation is 1. The van der Waals surface area contributed by atoms with E-state index in [0.717, 1.165) is 27.9 Å². The Balaban J connectivity index is 1.50. The molecule has 3 aromatic heterocycles. The van der Waals surface area contributed by atoms with Crippen LogP contribution in [0.4, 0.5) is 0 Å². The molecule has 1 aromatic carbocycles. The van der Waals surface area contributed by atoms with Gasteiger partial charge in [0, 0.05) is 29.9 Å². The smallest absolute Gasteiger partial charge is 0.292 e. The number of hydrogen-bond acceptors (Lipinski definition) is 6. The van der Waals surface area contributed by atoms with Gasteiger partial charge in [0.1, 0.15) is 0 Å². The molecule has 0 saturated carbocycles. The first-order chi connectivity index (χ1) is 13.8. The van der Waals surface area contributed by atoms with E-state index in [2.05, 4.69) is 31.6 Å². The van der Waals surface area contributed by atoms with Crippen molar-refractivity contribution in [1.82, 2.24) is 30.1 Å². The molecule has 0 aliphatic rings. The van der Waals surface area contributed by atoms with Gasteiger partial charge < -0.3 is 9.84 Å². The van der Waals surface area contributed by atoms with Gasteiger partial charge in [-0.2, -0.15) is 10.1 Å². The molecule has 0 aliphatic carbocycles. The zero-order valence-corrected chi connectivity index (χ0v) is 16.8. The minimum absolute atomic E-state index is 0.0424. The van der Waals surface area contributed by atoms with Crippen molar-refractivity contribution in [2.45, 2.75) is 39.7 Å². The third kappa shape index (κ3) is 3.73. The van der Waals surface area contributed by atoms with Gasteiger partial charge in [0.05, 0.1) is 17.4 Å². The zero-order valence-electron chi connectivity index (χ0n) is 16.8. The normalized spacial score (nSPS) is 11.7. The van der Waals surface area contributed by atoms with Crippen molar-refractivity contribution in [2.75, 3.05) is 0 Å². The highest BCUT2D eigenvalue weighted by Crippen LogP contribution is 2.24. The average Bonchev–Trinajstić information content (AvgIpc) is 3.35. The molecular weight excluding hydrogens is 368 g/mol. The van der Waals surface area contributed by atoms with Gasteiger partial charge in [-0.25, -0.2) is 4.52 Å². The summed E-state index contributed by atoms with van der Waals surface area (Å²) in [6.07, 6.45) is 5.30. The molecule has 1 N–H and O–H groups in total. The van der Waals surface area contributed by atoms with E-state index in [1.54, 1.807) is 16.9 Å². The highest BCUT2D eigenvalue weighted by Gasteiger charge is 2.24. The average molecular weight is 390 g/mol. The SMILES string of the molecule is Cc1cc(-c2nccn3nccc23)ccc1CNC(=O)c1noc(C(C)(C)C)n1. The molecule has 0 atom stereocenters. The quantitative estimate of drug-likeness (QED) is 0.574. The lowest BCUT2D eigenvalue weighted by molar-refractivity contribution is 0.0937. The highest BCUT2D eigenvalue weighted by atomic mass is 16.5. The van der Waals surface area contributed by atoms with Crippen LogP contribution in [-0.2, 0) is 12.0 Å². The number of amides is 1. The number of carbonyl (C=O) groups excluding carboxylic acids is 1. The first-order valence-electron chi connectivity index (χ1n) is 9.33. The molecule has 0 aliphatic heterocycles. The minimum atomic E-state index is -0.363. The predicted octanol–water partition coefficient (Wildman–Crippen LogP) is 3.32. The lowest BCUT2D eigenvalue weighted by Gasteiger charge is -2.10. The fraction of sp³-hybridized carbons (Fsp3) is 0.286. The molecule has 0 unspecified atom stereocenters. The van der Waals surface area contributed by atoms with Crippen LogP contribution in [0.1, 0.15) is 48.4 Å². The first-order valence-corrected chi connectivity index (χ1v) is 9.33. The fourth-order valence-electron chi connectivity index (χ4n) is 3.00. The van der Waals surface area contributed by atoms with Gasteiger partial charge in [-0.05, 0) is 30.2 Å². The highest BCUT2D eigenvalue weighted by molar-refractivity contribution is 5.90. The number of benzene rings is 1. The molecule has 29 heavy (non-hydrogen) atoms. The van der Waals surface area contributed by atoms with E-state index in [1.165, 1.54) is 0 Å². The third-order valence-corrected chi connectivity index (χ3v) is 4.65. The van der Waals surface area contributed by atoms with Crippen LogP contribution >= 0.6 is 0 Å². The summed E-state index contributed by atoms with van der Waals surface area (Å²) in [7, 11) is 0. The maximum absolute atomic E-state index is 12.4. The van der Waals surface area contributed by atoms with Crippen LogP contribution in [0.5, 0.6) is 0 Å². The molecule has 0 radical (unpaired) electrons. The van der Waals surface area contributed by atoms with Crippen LogP contribution < -0.4 is 5.32 Å². The number of hydrogen-bond donors (Lipinski definition) is 1. The van der Waals surface area contributed by atoms with Crippen LogP contribution in [0, 0.1) is 6.92 Å². The van der Waals surface area contributed by atoms with Crippen molar-refractivity contribution in [1.29, 1.82) is 0 Å². The molecular formula is C21H22N6O2. The molecule has 0 bridgehead atoms. The molecule has 0 fully saturated rings. The minimum Gasteiger partial charge on any atom is -0.345 e. The number of rotatable bonds is 4. The third-order valence-electron chi connectivity index (χ3n) is 4.65. The molecule has 8 nitrogen and oxygen atoms in total. The molecule has 8 heteroatoms. The van der Waals surface area contributed by atoms with Gasteiger partial charge in [-0.1, -0.05) is 38.1 Å². The lowest BCUT2D eigenvalue weighted by atomic mass is 9.97. The molecule has 0 spiro atoms. The van der Waals surface area contributed by atoms with Crippen molar-refractivity contribution in [3.05, 3.63) is 65.7 Å². The Kier molecular flexibility index (Phi) is 4.62. The number of fused-ring (bicyclic) bond motifs is 1. The van der Waals surface area contributed by atoms with Gasteiger partial charge in [-0.3, -0.25) is 9.78 Å². The number of nitrogens with one attached hydrogen (secondary N) is 1. The topological polar surface area (TPSA) is 98.2 Å². The summed E-state index contributed by atoms with van der Waals surface area (Å²) >= 11 is 0. The summed E-state index contributed by atoms with van der Waals surface area (Å²) in [5, 5.41) is 10.9. The predicted molar refractivity (Wildman–Crippen MR) is 107 cm³/mol. The Bertz CT molecular complexity index is 1190. The van der Waals surface area contributed by atoms with Gasteiger partial charge in [0.2, 0.25) is 5.89 Å². The fourth-order valence-corrected chi connectivity index (χ4v) is 3.00. The van der Waals surface area contributed by atoms with Gasteiger partial charge in [0.25, 0.3) is 11.7 Å². The maximum Gasteiger partial charge on any atom is 0.292 e. The molecule has 0 saturated heterocycles. The van der Waals surface area contributed by atoms with E-state index in [0.29, 0.717) is 12.4 Å². The van der Waals surface area contributed by atoms with Crippen LogP contribution in [0.2, 0.25) is 0 Å². The number of carbonyl (C=O) groups is 1. The molecule has 3 heterocycles. The van der Waals surface area contributed by atoms with Crippen LogP contribution in [0.25, 0.3) is 16.8 Å². The van der Waals surface area contributed by atoms with Crippen LogP contribution in [0.3, 0.4) is 0 Å². The second-order valence-corrected chi connectivity index (χ2v) is 7.93. The monoisotopic (exact) mass is 390 g/mol. The second kappa shape index (κ2) is 7.12. The Morgan fingerprint density at radius 3 is 2.76 bits per heavy atom. The van der Waals surface area contributed by atoms with Gasteiger partial charge >= 0.3 is 0 Å². The molecule has 4 rings (SSSR count). The standard InChI is InChI=1S/C21H22N6O2/c1-13-11-14(17-16-7-8-24-27(16)10-9-22-17)5-6-15(13)12-23-19(28)18-25-20(29-26-18)21(2,3)4/h5-11H,12H2,1-4H3,(H,23,28). The van der Waals surface area contributed by atoms with Gasteiger partial charge in [-0.15, -0.1) is 0 Å². The summed E-state index contributed by atoms with van der Waals surface area (Å²) in [4.78, 5) is 21.0. The maximum atomic E-state index is 12.4. The Morgan fingerprint density at radius 2 is 2.03 bits per heavy atom. The summed E-state index contributed by atoms with van der Waals surface area (Å²) in [6.45, 7) is 8.23. The van der Waals surface area contributed by atoms with Crippen molar-refractivity contribution < 1.29 is 9.32 Å². The Morgan fingerprint density at radius 1 is 1.21 bits per heavy atom. The molecule has 148 valence electrons. The zero-order chi connectivity index (χ0) is 20.6. The van der Waals surface area contributed by atoms with Crippen molar-refractivity contribution in [3.63, 3.8) is 0 Å². The number of nitrogens with zero attached hydrogens (tertiary/aromatic N) is 5. The molecule has 4 aromatic rings.